The number of carbonyl (C=O) groups excluding carboxylic acids is 1. The number of nitrogens with one attached hydrogen (secondary N) is 1. The highest BCUT2D eigenvalue weighted by atomic mass is 16.2. The fraction of sp³-hybridized carbons (Fsp3) is 0.588. The van der Waals surface area contributed by atoms with Crippen molar-refractivity contribution in [3.63, 3.8) is 0 Å². The van der Waals surface area contributed by atoms with Crippen molar-refractivity contribution in [1.82, 2.24) is 25.0 Å². The predicted molar refractivity (Wildman–Crippen MR) is 86.2 cm³/mol. The van der Waals surface area contributed by atoms with Crippen LogP contribution in [0, 0.1) is 0 Å². The Balaban J connectivity index is 1.51. The lowest BCUT2D eigenvalue weighted by atomic mass is 9.96. The van der Waals surface area contributed by atoms with E-state index in [1.165, 1.54) is 12.8 Å². The highest BCUT2D eigenvalue weighted by Crippen LogP contribution is 2.37. The summed E-state index contributed by atoms with van der Waals surface area (Å²) in [6.07, 6.45) is 7.29. The van der Waals surface area contributed by atoms with E-state index in [0.717, 1.165) is 48.1 Å². The van der Waals surface area contributed by atoms with Gasteiger partial charge in [-0.2, -0.15) is 5.10 Å². The monoisotopic (exact) mass is 311 g/mol. The molecule has 6 nitrogen and oxygen atoms in total. The Kier molecular flexibility index (Phi) is 2.80. The molecule has 2 aromatic rings. The van der Waals surface area contributed by atoms with Gasteiger partial charge in [-0.1, -0.05) is 0 Å². The van der Waals surface area contributed by atoms with Crippen LogP contribution in [0.1, 0.15) is 41.7 Å². The molecule has 2 bridgehead atoms. The standard InChI is InChI=1S/C17H21N5O/c1-21-10-2-3-11(21)9-12(8-10)22-7-5-14-15-13(17(22)23)4-6-18-16(15)20-19-14/h4,6,10-12H,2-3,5,7-9H2,1H3,(H,18,19,20). The van der Waals surface area contributed by atoms with Gasteiger partial charge in [0.1, 0.15) is 0 Å². The summed E-state index contributed by atoms with van der Waals surface area (Å²) in [7, 11) is 2.24. The first-order valence-corrected chi connectivity index (χ1v) is 8.57. The molecule has 3 aliphatic rings. The zero-order chi connectivity index (χ0) is 15.6. The first-order valence-electron chi connectivity index (χ1n) is 8.57. The Morgan fingerprint density at radius 2 is 2.00 bits per heavy atom. The first-order chi connectivity index (χ1) is 11.2. The molecule has 0 radical (unpaired) electrons. The fourth-order valence-electron chi connectivity index (χ4n) is 4.84. The molecule has 1 N–H and O–H groups in total. The largest absolute Gasteiger partial charge is 0.335 e. The predicted octanol–water partition coefficient (Wildman–Crippen LogP) is 1.58. The molecule has 2 aromatic heterocycles. The van der Waals surface area contributed by atoms with Crippen LogP contribution in [0.4, 0.5) is 0 Å². The first kappa shape index (κ1) is 13.5. The van der Waals surface area contributed by atoms with E-state index < -0.39 is 0 Å². The van der Waals surface area contributed by atoms with E-state index in [9.17, 15) is 4.79 Å². The van der Waals surface area contributed by atoms with E-state index in [2.05, 4.69) is 32.0 Å². The molecule has 2 saturated heterocycles. The van der Waals surface area contributed by atoms with Gasteiger partial charge in [0, 0.05) is 37.3 Å². The van der Waals surface area contributed by atoms with Gasteiger partial charge in [0.25, 0.3) is 5.91 Å². The van der Waals surface area contributed by atoms with Crippen molar-refractivity contribution in [2.45, 2.75) is 50.2 Å². The summed E-state index contributed by atoms with van der Waals surface area (Å²) in [4.78, 5) is 22.1. The Hall–Kier alpha value is -1.95. The summed E-state index contributed by atoms with van der Waals surface area (Å²) in [6, 6.07) is 3.51. The summed E-state index contributed by atoms with van der Waals surface area (Å²) in [6.45, 7) is 0.765. The fourth-order valence-corrected chi connectivity index (χ4v) is 4.84. The molecule has 120 valence electrons. The Morgan fingerprint density at radius 3 is 2.78 bits per heavy atom. The quantitative estimate of drug-likeness (QED) is 0.868. The van der Waals surface area contributed by atoms with Gasteiger partial charge >= 0.3 is 0 Å². The summed E-state index contributed by atoms with van der Waals surface area (Å²) in [5.74, 6) is 0.159. The van der Waals surface area contributed by atoms with Gasteiger partial charge < -0.3 is 9.80 Å². The molecule has 0 spiro atoms. The number of H-pyrrole nitrogens is 1. The van der Waals surface area contributed by atoms with Crippen molar-refractivity contribution >= 4 is 16.9 Å². The van der Waals surface area contributed by atoms with E-state index in [-0.39, 0.29) is 5.91 Å². The second-order valence-corrected chi connectivity index (χ2v) is 7.18. The van der Waals surface area contributed by atoms with Crippen LogP contribution >= 0.6 is 0 Å². The zero-order valence-corrected chi connectivity index (χ0v) is 13.3. The van der Waals surface area contributed by atoms with Gasteiger partial charge in [-0.3, -0.25) is 9.89 Å². The second-order valence-electron chi connectivity index (χ2n) is 7.18. The lowest BCUT2D eigenvalue weighted by Crippen LogP contribution is -2.51. The minimum atomic E-state index is 0.159. The molecule has 2 atom stereocenters. The van der Waals surface area contributed by atoms with E-state index in [1.54, 1.807) is 6.20 Å². The summed E-state index contributed by atoms with van der Waals surface area (Å²) in [5.41, 5.74) is 2.48. The van der Waals surface area contributed by atoms with Crippen molar-refractivity contribution in [2.24, 2.45) is 0 Å². The Morgan fingerprint density at radius 1 is 1.22 bits per heavy atom. The van der Waals surface area contributed by atoms with Crippen LogP contribution in [0.25, 0.3) is 11.0 Å². The van der Waals surface area contributed by atoms with Crippen molar-refractivity contribution < 1.29 is 4.79 Å². The summed E-state index contributed by atoms with van der Waals surface area (Å²) < 4.78 is 0. The van der Waals surface area contributed by atoms with Gasteiger partial charge in [0.05, 0.1) is 16.6 Å². The second kappa shape index (κ2) is 4.77. The molecule has 5 heterocycles. The van der Waals surface area contributed by atoms with Gasteiger partial charge in [0.2, 0.25) is 0 Å². The van der Waals surface area contributed by atoms with Crippen LogP contribution in [0.15, 0.2) is 12.3 Å². The van der Waals surface area contributed by atoms with Crippen molar-refractivity contribution in [2.75, 3.05) is 13.6 Å². The summed E-state index contributed by atoms with van der Waals surface area (Å²) in [5, 5.41) is 8.26. The molecule has 0 aromatic carbocycles. The molecule has 2 fully saturated rings. The van der Waals surface area contributed by atoms with Crippen LogP contribution in [-0.4, -0.2) is 62.6 Å². The minimum Gasteiger partial charge on any atom is -0.335 e. The van der Waals surface area contributed by atoms with E-state index >= 15 is 0 Å². The number of fused-ring (bicyclic) bond motifs is 2. The number of nitrogens with zero attached hydrogens (tertiary/aromatic N) is 4. The van der Waals surface area contributed by atoms with Gasteiger partial charge in [-0.05, 0) is 38.8 Å². The maximum atomic E-state index is 13.2. The van der Waals surface area contributed by atoms with E-state index in [4.69, 9.17) is 0 Å². The number of hydrogen-bond acceptors (Lipinski definition) is 4. The number of rotatable bonds is 1. The summed E-state index contributed by atoms with van der Waals surface area (Å²) >= 11 is 0. The molecule has 23 heavy (non-hydrogen) atoms. The van der Waals surface area contributed by atoms with E-state index in [0.29, 0.717) is 18.1 Å². The molecule has 3 aliphatic heterocycles. The number of carbonyl (C=O) groups is 1. The van der Waals surface area contributed by atoms with Crippen LogP contribution in [0.3, 0.4) is 0 Å². The minimum absolute atomic E-state index is 0.159. The van der Waals surface area contributed by atoms with Gasteiger partial charge in [0.15, 0.2) is 5.65 Å². The number of aromatic nitrogens is 3. The topological polar surface area (TPSA) is 65.1 Å². The maximum absolute atomic E-state index is 13.2. The van der Waals surface area contributed by atoms with Crippen LogP contribution in [0.5, 0.6) is 0 Å². The molecule has 0 saturated carbocycles. The number of hydrogen-bond donors (Lipinski definition) is 1. The van der Waals surface area contributed by atoms with Crippen molar-refractivity contribution in [3.05, 3.63) is 23.5 Å². The number of amides is 1. The maximum Gasteiger partial charge on any atom is 0.254 e. The van der Waals surface area contributed by atoms with E-state index in [1.807, 2.05) is 6.07 Å². The molecule has 2 unspecified atom stereocenters. The lowest BCUT2D eigenvalue weighted by molar-refractivity contribution is 0.0493. The average molecular weight is 311 g/mol. The zero-order valence-electron chi connectivity index (χ0n) is 13.3. The Bertz CT molecular complexity index is 770. The number of piperidine rings is 1. The number of aromatic amines is 1. The van der Waals surface area contributed by atoms with Gasteiger partial charge in [-0.25, -0.2) is 4.98 Å². The molecular weight excluding hydrogens is 290 g/mol. The molecular formula is C17H21N5O. The average Bonchev–Trinajstić information content (AvgIpc) is 2.98. The third kappa shape index (κ3) is 1.87. The smallest absolute Gasteiger partial charge is 0.254 e. The highest BCUT2D eigenvalue weighted by molar-refractivity contribution is 6.07. The normalized spacial score (nSPS) is 30.9. The molecule has 5 rings (SSSR count). The van der Waals surface area contributed by atoms with Crippen LogP contribution in [-0.2, 0) is 6.42 Å². The lowest BCUT2D eigenvalue weighted by Gasteiger charge is -2.41. The highest BCUT2D eigenvalue weighted by Gasteiger charge is 2.42. The third-order valence-corrected chi connectivity index (χ3v) is 6.13. The van der Waals surface area contributed by atoms with Crippen molar-refractivity contribution in [1.29, 1.82) is 0 Å². The SMILES string of the molecule is CN1C2CCC1CC(N1CCc3n[nH]c4nccc(c34)C1=O)C2. The van der Waals surface area contributed by atoms with Crippen molar-refractivity contribution in [3.8, 4) is 0 Å². The number of pyridine rings is 1. The molecule has 1 amide bonds. The van der Waals surface area contributed by atoms with Crippen LogP contribution in [0.2, 0.25) is 0 Å². The molecule has 6 heteroatoms. The third-order valence-electron chi connectivity index (χ3n) is 6.13. The van der Waals surface area contributed by atoms with Gasteiger partial charge in [-0.15, -0.1) is 0 Å². The molecule has 0 aliphatic carbocycles. The Labute approximate surface area is 134 Å². The van der Waals surface area contributed by atoms with Crippen LogP contribution < -0.4 is 0 Å².